The third kappa shape index (κ3) is 0.986. The summed E-state index contributed by atoms with van der Waals surface area (Å²) in [7, 11) is 5.61. The second kappa shape index (κ2) is 2.23. The van der Waals surface area contributed by atoms with E-state index in [0.717, 1.165) is 29.6 Å². The standard InChI is InChI=1S/C9H8BN/c10-7-2-3-8-6(5-7)1-4-9(8)11/h2-3,5,11H,1,4H2. The maximum Gasteiger partial charge on any atom is 0.113 e. The Morgan fingerprint density at radius 1 is 1.27 bits per heavy atom. The maximum atomic E-state index is 7.56. The highest BCUT2D eigenvalue weighted by Gasteiger charge is 2.14. The lowest BCUT2D eigenvalue weighted by molar-refractivity contribution is 1.09. The first-order chi connectivity index (χ1) is 5.27. The van der Waals surface area contributed by atoms with Crippen molar-refractivity contribution >= 4 is 19.0 Å². The van der Waals surface area contributed by atoms with Crippen molar-refractivity contribution in [1.82, 2.24) is 0 Å². The van der Waals surface area contributed by atoms with E-state index in [-0.39, 0.29) is 0 Å². The fraction of sp³-hybridized carbons (Fsp3) is 0.222. The summed E-state index contributed by atoms with van der Waals surface area (Å²) in [6.07, 6.45) is 1.86. The summed E-state index contributed by atoms with van der Waals surface area (Å²) in [6.45, 7) is 0. The average molecular weight is 141 g/mol. The lowest BCUT2D eigenvalue weighted by Crippen LogP contribution is -2.03. The fourth-order valence-electron chi connectivity index (χ4n) is 1.51. The molecular weight excluding hydrogens is 133 g/mol. The van der Waals surface area contributed by atoms with Crippen molar-refractivity contribution in [2.75, 3.05) is 0 Å². The molecule has 1 aromatic carbocycles. The number of benzene rings is 1. The number of nitrogens with one attached hydrogen (secondary N) is 1. The number of hydrogen-bond acceptors (Lipinski definition) is 1. The zero-order chi connectivity index (χ0) is 7.84. The van der Waals surface area contributed by atoms with Gasteiger partial charge in [-0.1, -0.05) is 23.7 Å². The monoisotopic (exact) mass is 141 g/mol. The molecule has 0 fully saturated rings. The van der Waals surface area contributed by atoms with Gasteiger partial charge in [0.05, 0.1) is 0 Å². The van der Waals surface area contributed by atoms with Crippen LogP contribution in [0.4, 0.5) is 0 Å². The van der Waals surface area contributed by atoms with Crippen LogP contribution in [0.25, 0.3) is 0 Å². The van der Waals surface area contributed by atoms with Gasteiger partial charge in [0, 0.05) is 5.71 Å². The molecule has 0 heterocycles. The highest BCUT2D eigenvalue weighted by Crippen LogP contribution is 2.19. The molecule has 1 N–H and O–H groups in total. The van der Waals surface area contributed by atoms with E-state index in [1.54, 1.807) is 0 Å². The van der Waals surface area contributed by atoms with Gasteiger partial charge in [-0.15, -0.1) is 0 Å². The van der Waals surface area contributed by atoms with Crippen molar-refractivity contribution in [3.63, 3.8) is 0 Å². The zero-order valence-corrected chi connectivity index (χ0v) is 6.22. The molecule has 0 saturated heterocycles. The maximum absolute atomic E-state index is 7.56. The van der Waals surface area contributed by atoms with Gasteiger partial charge in [-0.3, -0.25) is 0 Å². The summed E-state index contributed by atoms with van der Waals surface area (Å²) < 4.78 is 0. The average Bonchev–Trinajstić information content (AvgIpc) is 2.32. The SMILES string of the molecule is [B]c1ccc2c(c1)CCC2=N. The highest BCUT2D eigenvalue weighted by atomic mass is 14.4. The Hall–Kier alpha value is -1.05. The number of aryl methyl sites for hydroxylation is 1. The minimum Gasteiger partial charge on any atom is -0.305 e. The first-order valence-corrected chi connectivity index (χ1v) is 3.73. The third-order valence-electron chi connectivity index (χ3n) is 2.10. The minimum atomic E-state index is 0.750. The molecule has 0 spiro atoms. The molecule has 2 rings (SSSR count). The van der Waals surface area contributed by atoms with Crippen LogP contribution in [0, 0.1) is 5.41 Å². The summed E-state index contributed by atoms with van der Waals surface area (Å²) in [4.78, 5) is 0. The molecule has 0 saturated carbocycles. The van der Waals surface area contributed by atoms with E-state index in [1.165, 1.54) is 5.56 Å². The fourth-order valence-corrected chi connectivity index (χ4v) is 1.51. The molecular formula is C9H8BN. The van der Waals surface area contributed by atoms with Crippen LogP contribution >= 0.6 is 0 Å². The molecule has 0 aliphatic heterocycles. The van der Waals surface area contributed by atoms with Gasteiger partial charge in [0.15, 0.2) is 0 Å². The summed E-state index contributed by atoms with van der Waals surface area (Å²) >= 11 is 0. The largest absolute Gasteiger partial charge is 0.305 e. The predicted octanol–water partition coefficient (Wildman–Crippen LogP) is 0.794. The molecule has 1 aliphatic carbocycles. The summed E-state index contributed by atoms with van der Waals surface area (Å²) in [5.41, 5.74) is 3.87. The van der Waals surface area contributed by atoms with Crippen LogP contribution in [0.5, 0.6) is 0 Å². The van der Waals surface area contributed by atoms with E-state index in [0.29, 0.717) is 0 Å². The van der Waals surface area contributed by atoms with Crippen molar-refractivity contribution in [2.24, 2.45) is 0 Å². The number of fused-ring (bicyclic) bond motifs is 1. The molecule has 0 aromatic heterocycles. The Morgan fingerprint density at radius 2 is 2.09 bits per heavy atom. The second-order valence-corrected chi connectivity index (χ2v) is 2.90. The van der Waals surface area contributed by atoms with Gasteiger partial charge in [-0.25, -0.2) is 0 Å². The van der Waals surface area contributed by atoms with E-state index in [4.69, 9.17) is 13.3 Å². The molecule has 11 heavy (non-hydrogen) atoms. The quantitative estimate of drug-likeness (QED) is 0.516. The van der Waals surface area contributed by atoms with Crippen molar-refractivity contribution in [1.29, 1.82) is 5.41 Å². The van der Waals surface area contributed by atoms with Crippen LogP contribution in [0.3, 0.4) is 0 Å². The molecule has 1 aromatic rings. The van der Waals surface area contributed by atoms with E-state index >= 15 is 0 Å². The van der Waals surface area contributed by atoms with Gasteiger partial charge in [0.2, 0.25) is 0 Å². The van der Waals surface area contributed by atoms with E-state index in [9.17, 15) is 0 Å². The second-order valence-electron chi connectivity index (χ2n) is 2.90. The molecule has 0 unspecified atom stereocenters. The first kappa shape index (κ1) is 6.65. The zero-order valence-electron chi connectivity index (χ0n) is 6.22. The van der Waals surface area contributed by atoms with Crippen molar-refractivity contribution in [3.05, 3.63) is 29.3 Å². The Labute approximate surface area is 67.4 Å². The lowest BCUT2D eigenvalue weighted by atomic mass is 9.93. The Balaban J connectivity index is 2.59. The highest BCUT2D eigenvalue weighted by molar-refractivity contribution is 6.32. The van der Waals surface area contributed by atoms with Gasteiger partial charge < -0.3 is 5.41 Å². The van der Waals surface area contributed by atoms with Crippen molar-refractivity contribution < 1.29 is 0 Å². The summed E-state index contributed by atoms with van der Waals surface area (Å²) in [5.74, 6) is 0. The van der Waals surface area contributed by atoms with Crippen LogP contribution in [0.15, 0.2) is 18.2 Å². The lowest BCUT2D eigenvalue weighted by Gasteiger charge is -1.98. The van der Waals surface area contributed by atoms with E-state index in [2.05, 4.69) is 0 Å². The number of rotatable bonds is 0. The Bertz CT molecular complexity index is 317. The van der Waals surface area contributed by atoms with Gasteiger partial charge in [-0.2, -0.15) is 0 Å². The Kier molecular flexibility index (Phi) is 1.35. The topological polar surface area (TPSA) is 23.9 Å². The van der Waals surface area contributed by atoms with Gasteiger partial charge >= 0.3 is 0 Å². The molecule has 2 heteroatoms. The van der Waals surface area contributed by atoms with Gasteiger partial charge in [0.1, 0.15) is 7.85 Å². The minimum absolute atomic E-state index is 0.750. The smallest absolute Gasteiger partial charge is 0.113 e. The molecule has 1 aliphatic rings. The van der Waals surface area contributed by atoms with Crippen LogP contribution in [0.2, 0.25) is 0 Å². The van der Waals surface area contributed by atoms with E-state index in [1.807, 2.05) is 18.2 Å². The summed E-state index contributed by atoms with van der Waals surface area (Å²) in [5, 5.41) is 7.56. The molecule has 1 nitrogen and oxygen atoms in total. The van der Waals surface area contributed by atoms with Crippen molar-refractivity contribution in [2.45, 2.75) is 12.8 Å². The normalized spacial score (nSPS) is 15.1. The van der Waals surface area contributed by atoms with Crippen LogP contribution in [-0.4, -0.2) is 13.6 Å². The Morgan fingerprint density at radius 3 is 2.91 bits per heavy atom. The van der Waals surface area contributed by atoms with Gasteiger partial charge in [-0.05, 0) is 24.0 Å². The molecule has 2 radical (unpaired) electrons. The molecule has 0 amide bonds. The van der Waals surface area contributed by atoms with Crippen LogP contribution in [-0.2, 0) is 6.42 Å². The van der Waals surface area contributed by atoms with E-state index < -0.39 is 0 Å². The van der Waals surface area contributed by atoms with Crippen LogP contribution < -0.4 is 5.46 Å². The third-order valence-corrected chi connectivity index (χ3v) is 2.10. The predicted molar refractivity (Wildman–Crippen MR) is 47.0 cm³/mol. The van der Waals surface area contributed by atoms with Crippen molar-refractivity contribution in [3.8, 4) is 0 Å². The number of hydrogen-bond donors (Lipinski definition) is 1. The molecule has 52 valence electrons. The molecule has 0 bridgehead atoms. The molecule has 0 atom stereocenters. The van der Waals surface area contributed by atoms with Crippen LogP contribution in [0.1, 0.15) is 17.5 Å². The summed E-state index contributed by atoms with van der Waals surface area (Å²) in [6, 6.07) is 5.77. The van der Waals surface area contributed by atoms with Gasteiger partial charge in [0.25, 0.3) is 0 Å². The first-order valence-electron chi connectivity index (χ1n) is 3.73.